The van der Waals surface area contributed by atoms with Gasteiger partial charge in [-0.05, 0) is 29.8 Å². The smallest absolute Gasteiger partial charge is 0.405 e. The first-order chi connectivity index (χ1) is 11.3. The Hall–Kier alpha value is -2.27. The summed E-state index contributed by atoms with van der Waals surface area (Å²) in [5, 5.41) is 12.1. The van der Waals surface area contributed by atoms with Crippen LogP contribution in [0.25, 0.3) is 11.1 Å². The predicted molar refractivity (Wildman–Crippen MR) is 90.0 cm³/mol. The minimum atomic E-state index is -1.15. The molecule has 0 aromatic heterocycles. The van der Waals surface area contributed by atoms with Gasteiger partial charge in [-0.15, -0.1) is 0 Å². The number of hydrogen-bond donors (Lipinski definition) is 2. The normalized spacial score (nSPS) is 18.4. The molecule has 1 aliphatic rings. The molecule has 0 aliphatic carbocycles. The summed E-state index contributed by atoms with van der Waals surface area (Å²) in [4.78, 5) is 11.1. The zero-order valence-corrected chi connectivity index (χ0v) is 14.0. The number of hydrogen-bond acceptors (Lipinski definition) is 2. The molecule has 1 unspecified atom stereocenters. The highest BCUT2D eigenvalue weighted by Crippen LogP contribution is 2.45. The molecule has 0 bridgehead atoms. The fraction of sp³-hybridized carbons (Fsp3) is 0.278. The van der Waals surface area contributed by atoms with Gasteiger partial charge in [0.05, 0.1) is 12.6 Å². The van der Waals surface area contributed by atoms with E-state index >= 15 is 0 Å². The van der Waals surface area contributed by atoms with Crippen LogP contribution in [0.3, 0.4) is 0 Å². The molecule has 1 amide bonds. The number of nitrogens with one attached hydrogen (secondary N) is 1. The average Bonchev–Trinajstić information content (AvgIpc) is 2.50. The maximum absolute atomic E-state index is 14.7. The van der Waals surface area contributed by atoms with Gasteiger partial charge in [0.25, 0.3) is 0 Å². The molecule has 126 valence electrons. The van der Waals surface area contributed by atoms with Crippen molar-refractivity contribution in [2.75, 3.05) is 6.61 Å². The van der Waals surface area contributed by atoms with E-state index in [2.05, 4.69) is 5.32 Å². The second-order valence-electron chi connectivity index (χ2n) is 6.54. The van der Waals surface area contributed by atoms with Crippen molar-refractivity contribution in [2.24, 2.45) is 5.41 Å². The number of rotatable bonds is 2. The number of amides is 1. The van der Waals surface area contributed by atoms with E-state index in [0.29, 0.717) is 34.1 Å². The maximum Gasteiger partial charge on any atom is 0.405 e. The minimum Gasteiger partial charge on any atom is -0.493 e. The summed E-state index contributed by atoms with van der Waals surface area (Å²) < 4.78 is 20.4. The van der Waals surface area contributed by atoms with E-state index < -0.39 is 23.4 Å². The summed E-state index contributed by atoms with van der Waals surface area (Å²) in [6.45, 7) is 4.07. The van der Waals surface area contributed by atoms with Crippen LogP contribution < -0.4 is 10.1 Å². The number of benzene rings is 2. The van der Waals surface area contributed by atoms with Crippen molar-refractivity contribution >= 4 is 17.7 Å². The largest absolute Gasteiger partial charge is 0.493 e. The Morgan fingerprint density at radius 1 is 1.38 bits per heavy atom. The van der Waals surface area contributed by atoms with Gasteiger partial charge in [0.2, 0.25) is 0 Å². The molecular weight excluding hydrogens is 333 g/mol. The van der Waals surface area contributed by atoms with Gasteiger partial charge in [-0.25, -0.2) is 9.18 Å². The van der Waals surface area contributed by atoms with E-state index in [1.54, 1.807) is 30.3 Å². The second-order valence-corrected chi connectivity index (χ2v) is 6.98. The Balaban J connectivity index is 2.10. The minimum absolute atomic E-state index is 0.325. The second kappa shape index (κ2) is 5.98. The molecule has 0 spiro atoms. The highest BCUT2D eigenvalue weighted by Gasteiger charge is 2.39. The molecule has 1 heterocycles. The lowest BCUT2D eigenvalue weighted by Gasteiger charge is -2.39. The van der Waals surface area contributed by atoms with Gasteiger partial charge in [-0.3, -0.25) is 0 Å². The quantitative estimate of drug-likeness (QED) is 0.812. The van der Waals surface area contributed by atoms with Gasteiger partial charge in [-0.1, -0.05) is 37.6 Å². The van der Waals surface area contributed by atoms with Gasteiger partial charge < -0.3 is 15.2 Å². The Bertz CT molecular complexity index is 807. The fourth-order valence-corrected chi connectivity index (χ4v) is 3.15. The predicted octanol–water partition coefficient (Wildman–Crippen LogP) is 4.87. The van der Waals surface area contributed by atoms with Gasteiger partial charge in [0.15, 0.2) is 0 Å². The number of ether oxygens (including phenoxy) is 1. The van der Waals surface area contributed by atoms with Gasteiger partial charge in [-0.2, -0.15) is 0 Å². The van der Waals surface area contributed by atoms with Gasteiger partial charge >= 0.3 is 6.09 Å². The third kappa shape index (κ3) is 3.04. The van der Waals surface area contributed by atoms with Crippen molar-refractivity contribution in [3.8, 4) is 16.9 Å². The van der Waals surface area contributed by atoms with Crippen molar-refractivity contribution in [1.29, 1.82) is 0 Å². The average molecular weight is 350 g/mol. The van der Waals surface area contributed by atoms with Crippen LogP contribution >= 0.6 is 11.6 Å². The standard InChI is InChI=1S/C18H17ClFNO3/c1-18(2)9-24-15-8-12(10-4-3-5-11(19)6-10)14(20)7-13(15)16(18)21-17(22)23/h3-8,16,21H,9H2,1-2H3,(H,22,23). The van der Waals surface area contributed by atoms with Gasteiger partial charge in [0, 0.05) is 21.6 Å². The molecule has 0 saturated carbocycles. The number of fused-ring (bicyclic) bond motifs is 1. The van der Waals surface area contributed by atoms with E-state index in [0.717, 1.165) is 0 Å². The summed E-state index contributed by atoms with van der Waals surface area (Å²) in [6.07, 6.45) is -1.15. The first-order valence-corrected chi connectivity index (χ1v) is 7.87. The zero-order chi connectivity index (χ0) is 17.5. The van der Waals surface area contributed by atoms with Crippen molar-refractivity contribution in [1.82, 2.24) is 5.32 Å². The van der Waals surface area contributed by atoms with Crippen molar-refractivity contribution < 1.29 is 19.0 Å². The summed E-state index contributed by atoms with van der Waals surface area (Å²) in [5.41, 5.74) is 1.01. The number of carboxylic acid groups (broad SMARTS) is 1. The lowest BCUT2D eigenvalue weighted by Crippen LogP contribution is -2.43. The number of carbonyl (C=O) groups is 1. The first kappa shape index (κ1) is 16.6. The van der Waals surface area contributed by atoms with Crippen LogP contribution in [0.15, 0.2) is 36.4 Å². The summed E-state index contributed by atoms with van der Waals surface area (Å²) >= 11 is 5.98. The molecule has 0 fully saturated rings. The van der Waals surface area contributed by atoms with E-state index in [1.165, 1.54) is 6.07 Å². The third-order valence-electron chi connectivity index (χ3n) is 4.20. The molecule has 1 atom stereocenters. The molecule has 0 radical (unpaired) electrons. The van der Waals surface area contributed by atoms with Crippen molar-refractivity contribution in [3.05, 3.63) is 52.8 Å². The maximum atomic E-state index is 14.7. The molecule has 6 heteroatoms. The van der Waals surface area contributed by atoms with Crippen LogP contribution in [0.1, 0.15) is 25.5 Å². The van der Waals surface area contributed by atoms with Crippen molar-refractivity contribution in [2.45, 2.75) is 19.9 Å². The van der Waals surface area contributed by atoms with Crippen LogP contribution in [0.2, 0.25) is 5.02 Å². The highest BCUT2D eigenvalue weighted by molar-refractivity contribution is 6.30. The van der Waals surface area contributed by atoms with E-state index in [4.69, 9.17) is 21.4 Å². The summed E-state index contributed by atoms with van der Waals surface area (Å²) in [5.74, 6) is 0.0268. The zero-order valence-electron chi connectivity index (χ0n) is 13.3. The molecule has 2 N–H and O–H groups in total. The lowest BCUT2D eigenvalue weighted by atomic mass is 9.78. The van der Waals surface area contributed by atoms with E-state index in [1.807, 2.05) is 13.8 Å². The Morgan fingerprint density at radius 2 is 2.12 bits per heavy atom. The molecule has 0 saturated heterocycles. The Kier molecular flexibility index (Phi) is 4.13. The lowest BCUT2D eigenvalue weighted by molar-refractivity contribution is 0.0992. The summed E-state index contributed by atoms with van der Waals surface area (Å²) in [6, 6.07) is 9.28. The SMILES string of the molecule is CC1(C)COc2cc(-c3cccc(Cl)c3)c(F)cc2C1NC(=O)O. The molecule has 2 aromatic carbocycles. The molecule has 2 aromatic rings. The van der Waals surface area contributed by atoms with Crippen molar-refractivity contribution in [3.63, 3.8) is 0 Å². The van der Waals surface area contributed by atoms with Crippen LogP contribution in [0.4, 0.5) is 9.18 Å². The highest BCUT2D eigenvalue weighted by atomic mass is 35.5. The first-order valence-electron chi connectivity index (χ1n) is 7.49. The number of halogens is 2. The molecular formula is C18H17ClFNO3. The van der Waals surface area contributed by atoms with E-state index in [-0.39, 0.29) is 0 Å². The van der Waals surface area contributed by atoms with Crippen LogP contribution in [0, 0.1) is 11.2 Å². The third-order valence-corrected chi connectivity index (χ3v) is 4.43. The van der Waals surface area contributed by atoms with Crippen LogP contribution in [-0.2, 0) is 0 Å². The molecule has 1 aliphatic heterocycles. The Labute approximate surface area is 144 Å². The summed E-state index contributed by atoms with van der Waals surface area (Å²) in [7, 11) is 0. The molecule has 24 heavy (non-hydrogen) atoms. The Morgan fingerprint density at radius 3 is 2.79 bits per heavy atom. The topological polar surface area (TPSA) is 58.6 Å². The van der Waals surface area contributed by atoms with E-state index in [9.17, 15) is 9.18 Å². The van der Waals surface area contributed by atoms with Gasteiger partial charge in [0.1, 0.15) is 11.6 Å². The van der Waals surface area contributed by atoms with Crippen LogP contribution in [-0.4, -0.2) is 17.8 Å². The monoisotopic (exact) mass is 349 g/mol. The molecule has 3 rings (SSSR count). The fourth-order valence-electron chi connectivity index (χ4n) is 2.96. The molecule has 4 nitrogen and oxygen atoms in total. The van der Waals surface area contributed by atoms with Crippen LogP contribution in [0.5, 0.6) is 5.75 Å².